The van der Waals surface area contributed by atoms with Crippen LogP contribution < -0.4 is 4.74 Å². The van der Waals surface area contributed by atoms with Crippen molar-refractivity contribution in [1.29, 1.82) is 5.26 Å². The summed E-state index contributed by atoms with van der Waals surface area (Å²) < 4.78 is 5.34. The second kappa shape index (κ2) is 9.94. The summed E-state index contributed by atoms with van der Waals surface area (Å²) in [5, 5.41) is 9.73. The normalized spacial score (nSPS) is 16.3. The van der Waals surface area contributed by atoms with E-state index in [1.807, 2.05) is 59.5 Å². The number of methoxy groups -OCH3 is 1. The number of carbonyl (C=O) groups excluding carboxylic acids is 1. The minimum Gasteiger partial charge on any atom is -0.497 e. The van der Waals surface area contributed by atoms with Crippen LogP contribution in [-0.2, 0) is 11.3 Å². The molecule has 0 radical (unpaired) electrons. The number of hydrogen-bond acceptors (Lipinski definition) is 5. The van der Waals surface area contributed by atoms with E-state index in [1.165, 1.54) is 0 Å². The first-order valence-electron chi connectivity index (χ1n) is 12.6. The minimum atomic E-state index is -0.513. The Labute approximate surface area is 212 Å². The lowest BCUT2D eigenvalue weighted by Crippen LogP contribution is -2.40. The van der Waals surface area contributed by atoms with Crippen LogP contribution in [0.15, 0.2) is 65.8 Å². The van der Waals surface area contributed by atoms with Gasteiger partial charge in [-0.3, -0.25) is 19.7 Å². The number of nitriles is 1. The molecule has 0 N–H and O–H groups in total. The first-order chi connectivity index (χ1) is 17.6. The molecule has 0 atom stereocenters. The number of benzene rings is 2. The van der Waals surface area contributed by atoms with Gasteiger partial charge in [0.15, 0.2) is 0 Å². The van der Waals surface area contributed by atoms with E-state index in [0.717, 1.165) is 78.1 Å². The Morgan fingerprint density at radius 2 is 1.81 bits per heavy atom. The fraction of sp³-hybridized carbons (Fsp3) is 0.333. The second-order valence-electron chi connectivity index (χ2n) is 9.56. The summed E-state index contributed by atoms with van der Waals surface area (Å²) in [4.78, 5) is 24.7. The lowest BCUT2D eigenvalue weighted by Gasteiger charge is -2.22. The van der Waals surface area contributed by atoms with Gasteiger partial charge in [-0.05, 0) is 48.6 Å². The molecule has 1 aromatic heterocycles. The van der Waals surface area contributed by atoms with Crippen LogP contribution in [0.3, 0.4) is 0 Å². The Kier molecular flexibility index (Phi) is 6.56. The molecule has 6 nitrogen and oxygen atoms in total. The zero-order valence-corrected chi connectivity index (χ0v) is 20.8. The SMILES string of the molecule is CCCC1=NC2(CCCC2)C(=O)N1Cc1ccc(-c2cc(-c3cc(OC)ccn3)ccc2C#N)cc1. The molecule has 1 aliphatic carbocycles. The van der Waals surface area contributed by atoms with E-state index in [1.54, 1.807) is 13.3 Å². The van der Waals surface area contributed by atoms with E-state index in [-0.39, 0.29) is 5.91 Å². The molecule has 1 spiro atoms. The second-order valence-corrected chi connectivity index (χ2v) is 9.56. The number of ether oxygens (including phenoxy) is 1. The summed E-state index contributed by atoms with van der Waals surface area (Å²) in [6, 6.07) is 19.9. The van der Waals surface area contributed by atoms with Crippen molar-refractivity contribution in [3.8, 4) is 34.2 Å². The largest absolute Gasteiger partial charge is 0.497 e. The number of hydrogen-bond donors (Lipinski definition) is 0. The minimum absolute atomic E-state index is 0.165. The standard InChI is InChI=1S/C30H30N4O2/c1-3-6-28-33-30(14-4-5-15-30)29(35)34(28)20-21-7-9-22(10-8-21)26-17-23(11-12-24(26)19-31)27-18-25(36-2)13-16-32-27/h7-13,16-18H,3-6,14-15,20H2,1-2H3. The number of aliphatic imine (C=N–C) groups is 1. The number of nitrogens with zero attached hydrogens (tertiary/aromatic N) is 4. The highest BCUT2D eigenvalue weighted by Crippen LogP contribution is 2.40. The maximum Gasteiger partial charge on any atom is 0.256 e. The van der Waals surface area contributed by atoms with Crippen LogP contribution in [0.5, 0.6) is 5.75 Å². The van der Waals surface area contributed by atoms with Gasteiger partial charge in [0.2, 0.25) is 0 Å². The van der Waals surface area contributed by atoms with E-state index < -0.39 is 5.54 Å². The van der Waals surface area contributed by atoms with E-state index in [9.17, 15) is 10.1 Å². The van der Waals surface area contributed by atoms with E-state index in [0.29, 0.717) is 12.1 Å². The number of aromatic nitrogens is 1. The Morgan fingerprint density at radius 3 is 2.50 bits per heavy atom. The van der Waals surface area contributed by atoms with Gasteiger partial charge >= 0.3 is 0 Å². The van der Waals surface area contributed by atoms with Crippen LogP contribution in [0, 0.1) is 11.3 Å². The van der Waals surface area contributed by atoms with Gasteiger partial charge in [0, 0.05) is 29.8 Å². The van der Waals surface area contributed by atoms with Crippen LogP contribution in [0.1, 0.15) is 56.6 Å². The highest BCUT2D eigenvalue weighted by atomic mass is 16.5. The van der Waals surface area contributed by atoms with Crippen molar-refractivity contribution in [1.82, 2.24) is 9.88 Å². The fourth-order valence-electron chi connectivity index (χ4n) is 5.29. The zero-order chi connectivity index (χ0) is 25.1. The van der Waals surface area contributed by atoms with Gasteiger partial charge in [0.25, 0.3) is 5.91 Å². The number of carbonyl (C=O) groups is 1. The molecule has 36 heavy (non-hydrogen) atoms. The molecule has 1 saturated carbocycles. The van der Waals surface area contributed by atoms with Crippen molar-refractivity contribution < 1.29 is 9.53 Å². The van der Waals surface area contributed by atoms with Gasteiger partial charge in [-0.15, -0.1) is 0 Å². The molecule has 1 fully saturated rings. The molecular weight excluding hydrogens is 448 g/mol. The van der Waals surface area contributed by atoms with Gasteiger partial charge in [0.1, 0.15) is 17.1 Å². The van der Waals surface area contributed by atoms with Crippen LogP contribution in [-0.4, -0.2) is 34.3 Å². The highest BCUT2D eigenvalue weighted by Gasteiger charge is 2.49. The maximum atomic E-state index is 13.4. The molecule has 5 rings (SSSR count). The molecule has 2 aromatic carbocycles. The third-order valence-electron chi connectivity index (χ3n) is 7.21. The summed E-state index contributed by atoms with van der Waals surface area (Å²) >= 11 is 0. The molecule has 2 heterocycles. The van der Waals surface area contributed by atoms with Crippen molar-refractivity contribution in [2.75, 3.05) is 7.11 Å². The Bertz CT molecular complexity index is 1350. The monoisotopic (exact) mass is 478 g/mol. The van der Waals surface area contributed by atoms with Gasteiger partial charge in [-0.2, -0.15) is 5.26 Å². The third-order valence-corrected chi connectivity index (χ3v) is 7.21. The molecule has 182 valence electrons. The van der Waals surface area contributed by atoms with Crippen molar-refractivity contribution in [3.05, 3.63) is 71.9 Å². The first kappa shape index (κ1) is 23.7. The lowest BCUT2D eigenvalue weighted by atomic mass is 9.95. The molecule has 0 unspecified atom stereocenters. The predicted molar refractivity (Wildman–Crippen MR) is 140 cm³/mol. The van der Waals surface area contributed by atoms with Gasteiger partial charge in [-0.1, -0.05) is 50.1 Å². The number of pyridine rings is 1. The molecule has 6 heteroatoms. The smallest absolute Gasteiger partial charge is 0.256 e. The van der Waals surface area contributed by atoms with Crippen molar-refractivity contribution in [2.24, 2.45) is 4.99 Å². The first-order valence-corrected chi connectivity index (χ1v) is 12.6. The molecule has 0 saturated heterocycles. The molecular formula is C30H30N4O2. The van der Waals surface area contributed by atoms with Crippen molar-refractivity contribution in [2.45, 2.75) is 57.5 Å². The van der Waals surface area contributed by atoms with Crippen LogP contribution in [0.25, 0.3) is 22.4 Å². The molecule has 0 bridgehead atoms. The van der Waals surface area contributed by atoms with Crippen LogP contribution in [0.2, 0.25) is 0 Å². The quantitative estimate of drug-likeness (QED) is 0.408. The van der Waals surface area contributed by atoms with Gasteiger partial charge < -0.3 is 4.74 Å². The zero-order valence-electron chi connectivity index (χ0n) is 20.8. The van der Waals surface area contributed by atoms with Crippen LogP contribution in [0.4, 0.5) is 0 Å². The number of amides is 1. The molecule has 1 amide bonds. The average Bonchev–Trinajstić information content (AvgIpc) is 3.49. The highest BCUT2D eigenvalue weighted by molar-refractivity contribution is 6.08. The molecule has 3 aromatic rings. The Hall–Kier alpha value is -3.98. The van der Waals surface area contributed by atoms with E-state index in [2.05, 4.69) is 18.0 Å². The maximum absolute atomic E-state index is 13.4. The van der Waals surface area contributed by atoms with Gasteiger partial charge in [-0.25, -0.2) is 0 Å². The molecule has 2 aliphatic rings. The topological polar surface area (TPSA) is 78.6 Å². The predicted octanol–water partition coefficient (Wildman–Crippen LogP) is 6.15. The number of amidine groups is 1. The van der Waals surface area contributed by atoms with E-state index >= 15 is 0 Å². The van der Waals surface area contributed by atoms with Crippen LogP contribution >= 0.6 is 0 Å². The Morgan fingerprint density at radius 1 is 1.06 bits per heavy atom. The van der Waals surface area contributed by atoms with Crippen molar-refractivity contribution in [3.63, 3.8) is 0 Å². The molecule has 1 aliphatic heterocycles. The van der Waals surface area contributed by atoms with E-state index in [4.69, 9.17) is 9.73 Å². The summed E-state index contributed by atoms with van der Waals surface area (Å²) in [6.07, 6.45) is 7.38. The summed E-state index contributed by atoms with van der Waals surface area (Å²) in [5.74, 6) is 1.83. The summed E-state index contributed by atoms with van der Waals surface area (Å²) in [7, 11) is 1.63. The summed E-state index contributed by atoms with van der Waals surface area (Å²) in [6.45, 7) is 2.65. The summed E-state index contributed by atoms with van der Waals surface area (Å²) in [5.41, 5.74) is 4.63. The fourth-order valence-corrected chi connectivity index (χ4v) is 5.29. The number of rotatable bonds is 7. The lowest BCUT2D eigenvalue weighted by molar-refractivity contribution is -0.131. The van der Waals surface area contributed by atoms with Crippen molar-refractivity contribution >= 4 is 11.7 Å². The Balaban J connectivity index is 1.41. The van der Waals surface area contributed by atoms with Gasteiger partial charge in [0.05, 0.1) is 31.0 Å². The third kappa shape index (κ3) is 4.37. The average molecular weight is 479 g/mol.